The van der Waals surface area contributed by atoms with E-state index in [1.54, 1.807) is 0 Å². The lowest BCUT2D eigenvalue weighted by molar-refractivity contribution is -0.145. The summed E-state index contributed by atoms with van der Waals surface area (Å²) in [5.41, 5.74) is 0. The van der Waals surface area contributed by atoms with Crippen LogP contribution in [0.25, 0.3) is 0 Å². The van der Waals surface area contributed by atoms with E-state index < -0.39 is 39.2 Å². The van der Waals surface area contributed by atoms with Gasteiger partial charge in [0.25, 0.3) is 0 Å². The van der Waals surface area contributed by atoms with Gasteiger partial charge in [0, 0.05) is 0 Å². The van der Waals surface area contributed by atoms with Crippen molar-refractivity contribution in [2.24, 2.45) is 5.92 Å². The Kier molecular flexibility index (Phi) is 5.30. The number of methoxy groups -OCH3 is 2. The zero-order chi connectivity index (χ0) is 14.6. The van der Waals surface area contributed by atoms with E-state index in [0.717, 1.165) is 0 Å². The van der Waals surface area contributed by atoms with Gasteiger partial charge in [-0.15, -0.1) is 0 Å². The first kappa shape index (κ1) is 15.9. The van der Waals surface area contributed by atoms with Crippen LogP contribution in [0.4, 0.5) is 0 Å². The zero-order valence-corrected chi connectivity index (χ0v) is 12.0. The first-order valence-corrected chi connectivity index (χ1v) is 7.55. The highest BCUT2D eigenvalue weighted by molar-refractivity contribution is 7.90. The SMILES string of the molecule is COC(=O)C(C)NS(=O)(=O)C1CCCC1C(=O)OC. The molecule has 0 spiro atoms. The Balaban J connectivity index is 2.82. The molecule has 8 heteroatoms. The molecule has 1 N–H and O–H groups in total. The highest BCUT2D eigenvalue weighted by Crippen LogP contribution is 2.31. The fraction of sp³-hybridized carbons (Fsp3) is 0.818. The molecule has 0 saturated heterocycles. The van der Waals surface area contributed by atoms with Crippen molar-refractivity contribution in [2.75, 3.05) is 14.2 Å². The minimum atomic E-state index is -3.77. The standard InChI is InChI=1S/C11H19NO6S/c1-7(10(13)17-2)12-19(15,16)9-6-4-5-8(9)11(14)18-3/h7-9,12H,4-6H2,1-3H3. The monoisotopic (exact) mass is 293 g/mol. The third-order valence-electron chi connectivity index (χ3n) is 3.25. The molecule has 19 heavy (non-hydrogen) atoms. The normalized spacial score (nSPS) is 24.8. The van der Waals surface area contributed by atoms with Gasteiger partial charge >= 0.3 is 11.9 Å². The van der Waals surface area contributed by atoms with Crippen molar-refractivity contribution in [3.63, 3.8) is 0 Å². The number of carbonyl (C=O) groups is 2. The van der Waals surface area contributed by atoms with Crippen molar-refractivity contribution >= 4 is 22.0 Å². The minimum Gasteiger partial charge on any atom is -0.469 e. The lowest BCUT2D eigenvalue weighted by atomic mass is 10.1. The van der Waals surface area contributed by atoms with E-state index in [0.29, 0.717) is 19.3 Å². The molecule has 0 aromatic heterocycles. The fourth-order valence-corrected chi connectivity index (χ4v) is 4.20. The minimum absolute atomic E-state index is 0.378. The van der Waals surface area contributed by atoms with E-state index >= 15 is 0 Å². The quantitative estimate of drug-likeness (QED) is 0.705. The van der Waals surface area contributed by atoms with E-state index in [2.05, 4.69) is 14.2 Å². The molecule has 0 bridgehead atoms. The van der Waals surface area contributed by atoms with Gasteiger partial charge in [-0.1, -0.05) is 6.42 Å². The third kappa shape index (κ3) is 3.66. The molecule has 0 aromatic rings. The maximum Gasteiger partial charge on any atom is 0.323 e. The molecule has 3 unspecified atom stereocenters. The molecule has 1 rings (SSSR count). The number of hydrogen-bond acceptors (Lipinski definition) is 6. The number of carbonyl (C=O) groups excluding carboxylic acids is 2. The maximum atomic E-state index is 12.2. The van der Waals surface area contributed by atoms with E-state index in [9.17, 15) is 18.0 Å². The topological polar surface area (TPSA) is 98.8 Å². The van der Waals surface area contributed by atoms with Crippen LogP contribution in [0.2, 0.25) is 0 Å². The van der Waals surface area contributed by atoms with Crippen LogP contribution in [0.1, 0.15) is 26.2 Å². The molecule has 0 aromatic carbocycles. The summed E-state index contributed by atoms with van der Waals surface area (Å²) in [4.78, 5) is 22.8. The van der Waals surface area contributed by atoms with Crippen molar-refractivity contribution in [1.82, 2.24) is 4.72 Å². The Morgan fingerprint density at radius 1 is 1.21 bits per heavy atom. The Hall–Kier alpha value is -1.15. The van der Waals surface area contributed by atoms with Gasteiger partial charge in [-0.3, -0.25) is 9.59 Å². The van der Waals surface area contributed by atoms with Crippen LogP contribution in [0.5, 0.6) is 0 Å². The second-order valence-corrected chi connectivity index (χ2v) is 6.44. The van der Waals surface area contributed by atoms with Gasteiger partial charge in [0.2, 0.25) is 10.0 Å². The van der Waals surface area contributed by atoms with Gasteiger partial charge in [0.1, 0.15) is 6.04 Å². The second kappa shape index (κ2) is 6.33. The molecular formula is C11H19NO6S. The van der Waals surface area contributed by atoms with Gasteiger partial charge in [0.15, 0.2) is 0 Å². The smallest absolute Gasteiger partial charge is 0.323 e. The summed E-state index contributed by atoms with van der Waals surface area (Å²) in [6, 6.07) is -0.978. The average Bonchev–Trinajstić information content (AvgIpc) is 2.86. The number of esters is 2. The van der Waals surface area contributed by atoms with Gasteiger partial charge < -0.3 is 9.47 Å². The molecule has 7 nitrogen and oxygen atoms in total. The molecule has 0 aliphatic heterocycles. The van der Waals surface area contributed by atoms with Crippen molar-refractivity contribution in [2.45, 2.75) is 37.5 Å². The number of nitrogens with one attached hydrogen (secondary N) is 1. The first-order chi connectivity index (χ1) is 8.83. The summed E-state index contributed by atoms with van der Waals surface area (Å²) in [5, 5.41) is -0.855. The van der Waals surface area contributed by atoms with Crippen LogP contribution in [0.15, 0.2) is 0 Å². The van der Waals surface area contributed by atoms with E-state index in [1.165, 1.54) is 21.1 Å². The summed E-state index contributed by atoms with van der Waals surface area (Å²) >= 11 is 0. The molecule has 3 atom stereocenters. The summed E-state index contributed by atoms with van der Waals surface area (Å²) in [5.74, 6) is -1.87. The number of ether oxygens (including phenoxy) is 2. The van der Waals surface area contributed by atoms with Gasteiger partial charge in [-0.25, -0.2) is 13.1 Å². The van der Waals surface area contributed by atoms with Gasteiger partial charge in [0.05, 0.1) is 25.4 Å². The lowest BCUT2D eigenvalue weighted by Crippen LogP contribution is -2.46. The average molecular weight is 293 g/mol. The Morgan fingerprint density at radius 3 is 2.37 bits per heavy atom. The molecule has 1 fully saturated rings. The highest BCUT2D eigenvalue weighted by Gasteiger charge is 2.43. The van der Waals surface area contributed by atoms with E-state index in [4.69, 9.17) is 0 Å². The van der Waals surface area contributed by atoms with Crippen molar-refractivity contribution in [3.05, 3.63) is 0 Å². The van der Waals surface area contributed by atoms with Crippen LogP contribution in [-0.4, -0.2) is 45.9 Å². The molecule has 1 aliphatic carbocycles. The lowest BCUT2D eigenvalue weighted by Gasteiger charge is -2.20. The fourth-order valence-electron chi connectivity index (χ4n) is 2.28. The predicted molar refractivity (Wildman–Crippen MR) is 66.7 cm³/mol. The molecule has 0 radical (unpaired) electrons. The van der Waals surface area contributed by atoms with Crippen molar-refractivity contribution in [3.8, 4) is 0 Å². The second-order valence-electron chi connectivity index (χ2n) is 4.51. The number of sulfonamides is 1. The summed E-state index contributed by atoms with van der Waals surface area (Å²) in [7, 11) is -1.36. The number of hydrogen-bond donors (Lipinski definition) is 1. The Morgan fingerprint density at radius 2 is 1.84 bits per heavy atom. The summed E-state index contributed by atoms with van der Waals surface area (Å²) in [6.07, 6.45) is 1.49. The van der Waals surface area contributed by atoms with Crippen molar-refractivity contribution < 1.29 is 27.5 Å². The van der Waals surface area contributed by atoms with Crippen LogP contribution in [0.3, 0.4) is 0 Å². The third-order valence-corrected chi connectivity index (χ3v) is 5.29. The van der Waals surface area contributed by atoms with Gasteiger partial charge in [-0.2, -0.15) is 0 Å². The zero-order valence-electron chi connectivity index (χ0n) is 11.2. The van der Waals surface area contributed by atoms with Crippen LogP contribution in [0, 0.1) is 5.92 Å². The van der Waals surface area contributed by atoms with Crippen LogP contribution >= 0.6 is 0 Å². The molecular weight excluding hydrogens is 274 g/mol. The van der Waals surface area contributed by atoms with Gasteiger partial charge in [-0.05, 0) is 19.8 Å². The molecule has 110 valence electrons. The van der Waals surface area contributed by atoms with E-state index in [1.807, 2.05) is 0 Å². The predicted octanol–water partition coefficient (Wildman–Crippen LogP) is -0.191. The Labute approximate surface area is 112 Å². The highest BCUT2D eigenvalue weighted by atomic mass is 32.2. The molecule has 0 heterocycles. The molecule has 1 aliphatic rings. The van der Waals surface area contributed by atoms with Crippen molar-refractivity contribution in [1.29, 1.82) is 0 Å². The summed E-state index contributed by atoms with van der Waals surface area (Å²) < 4.78 is 35.7. The first-order valence-electron chi connectivity index (χ1n) is 6.00. The maximum absolute atomic E-state index is 12.2. The largest absolute Gasteiger partial charge is 0.469 e. The van der Waals surface area contributed by atoms with E-state index in [-0.39, 0.29) is 0 Å². The van der Waals surface area contributed by atoms with Crippen LogP contribution in [-0.2, 0) is 29.1 Å². The van der Waals surface area contributed by atoms with Crippen LogP contribution < -0.4 is 4.72 Å². The Bertz CT molecular complexity index is 446. The molecule has 0 amide bonds. The summed E-state index contributed by atoms with van der Waals surface area (Å²) in [6.45, 7) is 1.39. The number of rotatable bonds is 5. The molecule has 1 saturated carbocycles.